The number of piperidine rings is 1. The Bertz CT molecular complexity index is 740. The van der Waals surface area contributed by atoms with E-state index >= 15 is 0 Å². The van der Waals surface area contributed by atoms with Crippen LogP contribution in [-0.4, -0.2) is 52.4 Å². The third-order valence-corrected chi connectivity index (χ3v) is 7.07. The van der Waals surface area contributed by atoms with Crippen molar-refractivity contribution in [2.75, 3.05) is 38.6 Å². The summed E-state index contributed by atoms with van der Waals surface area (Å²) in [5.74, 6) is 0.726. The molecule has 0 aromatic heterocycles. The minimum atomic E-state index is -3.49. The predicted molar refractivity (Wildman–Crippen MR) is 98.2 cm³/mol. The summed E-state index contributed by atoms with van der Waals surface area (Å²) >= 11 is 0. The van der Waals surface area contributed by atoms with Crippen molar-refractivity contribution in [2.45, 2.75) is 37.0 Å². The summed E-state index contributed by atoms with van der Waals surface area (Å²) in [5, 5.41) is 3.34. The Morgan fingerprint density at radius 3 is 2.68 bits per heavy atom. The molecular formula is C18H27N3O3S. The zero-order valence-electron chi connectivity index (χ0n) is 15.0. The number of carbonyl (C=O) groups is 1. The number of hydrogen-bond donors (Lipinski definition) is 1. The highest BCUT2D eigenvalue weighted by molar-refractivity contribution is 7.89. The minimum Gasteiger partial charge on any atom is -0.317 e. The summed E-state index contributed by atoms with van der Waals surface area (Å²) in [5.41, 5.74) is 1.81. The van der Waals surface area contributed by atoms with E-state index in [1.54, 1.807) is 17.0 Å². The molecule has 2 aliphatic rings. The summed E-state index contributed by atoms with van der Waals surface area (Å²) in [6.45, 7) is 2.72. The topological polar surface area (TPSA) is 69.7 Å². The van der Waals surface area contributed by atoms with E-state index in [4.69, 9.17) is 0 Å². The second-order valence-electron chi connectivity index (χ2n) is 7.11. The van der Waals surface area contributed by atoms with Gasteiger partial charge in [-0.3, -0.25) is 4.79 Å². The van der Waals surface area contributed by atoms with Gasteiger partial charge < -0.3 is 10.2 Å². The van der Waals surface area contributed by atoms with Crippen molar-refractivity contribution in [3.8, 4) is 0 Å². The molecule has 0 saturated carbocycles. The van der Waals surface area contributed by atoms with Gasteiger partial charge in [0.1, 0.15) is 0 Å². The van der Waals surface area contributed by atoms with Crippen LogP contribution in [-0.2, 0) is 21.2 Å². The van der Waals surface area contributed by atoms with Crippen molar-refractivity contribution in [1.29, 1.82) is 0 Å². The van der Waals surface area contributed by atoms with E-state index in [9.17, 15) is 13.2 Å². The van der Waals surface area contributed by atoms with Gasteiger partial charge in [-0.1, -0.05) is 6.07 Å². The molecule has 138 valence electrons. The quantitative estimate of drug-likeness (QED) is 0.861. The molecule has 0 atom stereocenters. The van der Waals surface area contributed by atoms with Gasteiger partial charge in [0.25, 0.3) is 0 Å². The zero-order chi connectivity index (χ0) is 18.0. The van der Waals surface area contributed by atoms with Crippen LogP contribution in [0.2, 0.25) is 0 Å². The third-order valence-electron chi connectivity index (χ3n) is 5.26. The highest BCUT2D eigenvalue weighted by Gasteiger charge is 2.28. The average molecular weight is 365 g/mol. The summed E-state index contributed by atoms with van der Waals surface area (Å²) in [6, 6.07) is 5.13. The van der Waals surface area contributed by atoms with Gasteiger partial charge in [0, 0.05) is 32.7 Å². The van der Waals surface area contributed by atoms with Gasteiger partial charge in [0.05, 0.1) is 4.90 Å². The fourth-order valence-corrected chi connectivity index (χ4v) is 4.54. The van der Waals surface area contributed by atoms with Crippen LogP contribution in [0.25, 0.3) is 0 Å². The summed E-state index contributed by atoms with van der Waals surface area (Å²) in [7, 11) is -0.452. The fraction of sp³-hybridized carbons (Fsp3) is 0.611. The van der Waals surface area contributed by atoms with E-state index in [1.807, 2.05) is 6.07 Å². The monoisotopic (exact) mass is 365 g/mol. The van der Waals surface area contributed by atoms with Crippen LogP contribution in [0.4, 0.5) is 5.69 Å². The molecule has 3 rings (SSSR count). The Balaban J connectivity index is 1.72. The van der Waals surface area contributed by atoms with Gasteiger partial charge in [0.15, 0.2) is 0 Å². The Labute approximate surface area is 150 Å². The van der Waals surface area contributed by atoms with Crippen molar-refractivity contribution in [1.82, 2.24) is 9.62 Å². The van der Waals surface area contributed by atoms with Crippen molar-refractivity contribution >= 4 is 21.6 Å². The normalized spacial score (nSPS) is 18.6. The van der Waals surface area contributed by atoms with Gasteiger partial charge in [0.2, 0.25) is 15.9 Å². The standard InChI is InChI=1S/C18H27N3O3S/c1-20(2)25(23,24)16-5-4-15-9-12-21(17(15)13-16)18(22)6-3-14-7-10-19-11-8-14/h4-5,13-14,19H,3,6-12H2,1-2H3. The Kier molecular flexibility index (Phi) is 5.46. The van der Waals surface area contributed by atoms with E-state index in [0.717, 1.165) is 50.0 Å². The molecule has 2 aliphatic heterocycles. The lowest BCUT2D eigenvalue weighted by Gasteiger charge is -2.24. The molecule has 0 bridgehead atoms. The van der Waals surface area contributed by atoms with Crippen LogP contribution < -0.4 is 10.2 Å². The lowest BCUT2D eigenvalue weighted by Crippen LogP contribution is -2.31. The Hall–Kier alpha value is -1.44. The van der Waals surface area contributed by atoms with Crippen LogP contribution in [0.1, 0.15) is 31.2 Å². The van der Waals surface area contributed by atoms with Crippen molar-refractivity contribution in [3.63, 3.8) is 0 Å². The van der Waals surface area contributed by atoms with Crippen LogP contribution >= 0.6 is 0 Å². The molecule has 1 N–H and O–H groups in total. The van der Waals surface area contributed by atoms with E-state index in [2.05, 4.69) is 5.32 Å². The Morgan fingerprint density at radius 1 is 1.28 bits per heavy atom. The number of rotatable bonds is 5. The number of nitrogens with zero attached hydrogens (tertiary/aromatic N) is 2. The molecule has 1 amide bonds. The molecule has 6 nitrogen and oxygen atoms in total. The molecule has 0 radical (unpaired) electrons. The van der Waals surface area contributed by atoms with Crippen LogP contribution in [0.15, 0.2) is 23.1 Å². The number of fused-ring (bicyclic) bond motifs is 1. The maximum absolute atomic E-state index is 12.7. The second-order valence-corrected chi connectivity index (χ2v) is 9.26. The summed E-state index contributed by atoms with van der Waals surface area (Å²) in [6.07, 6.45) is 4.51. The number of sulfonamides is 1. The predicted octanol–water partition coefficient (Wildman–Crippen LogP) is 1.61. The highest BCUT2D eigenvalue weighted by Crippen LogP contribution is 2.32. The summed E-state index contributed by atoms with van der Waals surface area (Å²) < 4.78 is 25.9. The molecule has 1 saturated heterocycles. The van der Waals surface area contributed by atoms with Gasteiger partial charge in [-0.05, 0) is 62.4 Å². The number of nitrogens with one attached hydrogen (secondary N) is 1. The first kappa shape index (κ1) is 18.4. The maximum Gasteiger partial charge on any atom is 0.242 e. The van der Waals surface area contributed by atoms with Crippen LogP contribution in [0, 0.1) is 5.92 Å². The Morgan fingerprint density at radius 2 is 2.00 bits per heavy atom. The van der Waals surface area contributed by atoms with Crippen molar-refractivity contribution in [2.24, 2.45) is 5.92 Å². The number of hydrogen-bond acceptors (Lipinski definition) is 4. The van der Waals surface area contributed by atoms with E-state index < -0.39 is 10.0 Å². The van der Waals surface area contributed by atoms with Gasteiger partial charge >= 0.3 is 0 Å². The number of benzene rings is 1. The molecule has 1 aromatic carbocycles. The largest absolute Gasteiger partial charge is 0.317 e. The smallest absolute Gasteiger partial charge is 0.242 e. The number of carbonyl (C=O) groups excluding carboxylic acids is 1. The van der Waals surface area contributed by atoms with Crippen molar-refractivity contribution in [3.05, 3.63) is 23.8 Å². The van der Waals surface area contributed by atoms with E-state index in [-0.39, 0.29) is 10.8 Å². The van der Waals surface area contributed by atoms with Gasteiger partial charge in [-0.25, -0.2) is 12.7 Å². The molecule has 7 heteroatoms. The highest BCUT2D eigenvalue weighted by atomic mass is 32.2. The summed E-state index contributed by atoms with van der Waals surface area (Å²) in [4.78, 5) is 14.7. The molecule has 1 aromatic rings. The zero-order valence-corrected chi connectivity index (χ0v) is 15.8. The van der Waals surface area contributed by atoms with Crippen LogP contribution in [0.5, 0.6) is 0 Å². The lowest BCUT2D eigenvalue weighted by molar-refractivity contribution is -0.118. The molecule has 25 heavy (non-hydrogen) atoms. The SMILES string of the molecule is CN(C)S(=O)(=O)c1ccc2c(c1)N(C(=O)CCC1CCNCC1)CC2. The molecule has 0 unspecified atom stereocenters. The van der Waals surface area contributed by atoms with E-state index in [1.165, 1.54) is 18.4 Å². The molecule has 2 heterocycles. The molecule has 1 fully saturated rings. The first-order chi connectivity index (χ1) is 11.9. The first-order valence-corrected chi connectivity index (χ1v) is 10.4. The average Bonchev–Trinajstić information content (AvgIpc) is 3.03. The number of amides is 1. The fourth-order valence-electron chi connectivity index (χ4n) is 3.62. The molecular weight excluding hydrogens is 338 g/mol. The maximum atomic E-state index is 12.7. The lowest BCUT2D eigenvalue weighted by atomic mass is 9.93. The molecule has 0 spiro atoms. The van der Waals surface area contributed by atoms with Gasteiger partial charge in [-0.2, -0.15) is 0 Å². The van der Waals surface area contributed by atoms with E-state index in [0.29, 0.717) is 18.9 Å². The molecule has 0 aliphatic carbocycles. The third kappa shape index (κ3) is 3.88. The second kappa shape index (κ2) is 7.43. The van der Waals surface area contributed by atoms with Crippen molar-refractivity contribution < 1.29 is 13.2 Å². The van der Waals surface area contributed by atoms with Gasteiger partial charge in [-0.15, -0.1) is 0 Å². The minimum absolute atomic E-state index is 0.108. The number of anilines is 1. The van der Waals surface area contributed by atoms with Crippen LogP contribution in [0.3, 0.4) is 0 Å². The first-order valence-electron chi connectivity index (χ1n) is 8.96.